The van der Waals surface area contributed by atoms with Crippen LogP contribution >= 0.6 is 11.3 Å². The lowest BCUT2D eigenvalue weighted by molar-refractivity contribution is -0.131. The molecule has 0 spiro atoms. The summed E-state index contributed by atoms with van der Waals surface area (Å²) in [7, 11) is 0. The average molecular weight is 730 g/mol. The molecule has 0 saturated heterocycles. The predicted octanol–water partition coefficient (Wildman–Crippen LogP) is 4.91. The second-order valence-electron chi connectivity index (χ2n) is 12.8. The zero-order valence-electron chi connectivity index (χ0n) is 29.6. The minimum atomic E-state index is -1.09. The van der Waals surface area contributed by atoms with Gasteiger partial charge in [-0.15, -0.1) is 11.3 Å². The first-order valence-electron chi connectivity index (χ1n) is 17.2. The summed E-state index contributed by atoms with van der Waals surface area (Å²) in [4.78, 5) is 57.0. The summed E-state index contributed by atoms with van der Waals surface area (Å²) in [6.45, 7) is 5.20. The molecule has 5 N–H and O–H groups in total. The summed E-state index contributed by atoms with van der Waals surface area (Å²) in [6, 6.07) is 24.9. The Morgan fingerprint density at radius 1 is 0.692 bits per heavy atom. The number of aromatic nitrogens is 1. The Hall–Kier alpha value is -5.27. The fourth-order valence-electron chi connectivity index (χ4n) is 5.45. The lowest BCUT2D eigenvalue weighted by Gasteiger charge is -2.30. The smallest absolute Gasteiger partial charge is 0.408 e. The highest BCUT2D eigenvalue weighted by Gasteiger charge is 2.31. The maximum absolute atomic E-state index is 13.8. The molecule has 0 bridgehead atoms. The molecule has 12 nitrogen and oxygen atoms in total. The monoisotopic (exact) mass is 729 g/mol. The molecule has 5 atom stereocenters. The van der Waals surface area contributed by atoms with Crippen LogP contribution in [0.2, 0.25) is 0 Å². The molecule has 0 fully saturated rings. The van der Waals surface area contributed by atoms with E-state index in [1.54, 1.807) is 25.6 Å². The minimum absolute atomic E-state index is 0.0441. The second kappa shape index (κ2) is 20.5. The van der Waals surface area contributed by atoms with Crippen molar-refractivity contribution in [3.63, 3.8) is 0 Å². The Balaban J connectivity index is 1.42. The lowest BCUT2D eigenvalue weighted by Crippen LogP contribution is -2.57. The van der Waals surface area contributed by atoms with Crippen molar-refractivity contribution in [1.82, 2.24) is 26.3 Å². The van der Waals surface area contributed by atoms with Crippen LogP contribution in [0, 0.1) is 5.92 Å². The molecule has 13 heteroatoms. The molecule has 0 radical (unpaired) electrons. The molecule has 4 amide bonds. The highest BCUT2D eigenvalue weighted by atomic mass is 32.1. The molecule has 0 unspecified atom stereocenters. The first-order valence-corrected chi connectivity index (χ1v) is 18.1. The van der Waals surface area contributed by atoms with Gasteiger partial charge in [0.1, 0.15) is 25.3 Å². The van der Waals surface area contributed by atoms with Crippen LogP contribution in [-0.4, -0.2) is 64.4 Å². The van der Waals surface area contributed by atoms with Crippen LogP contribution in [0.1, 0.15) is 48.8 Å². The number of alkyl carbamates (subject to hydrolysis) is 2. The zero-order valence-corrected chi connectivity index (χ0v) is 30.4. The van der Waals surface area contributed by atoms with Crippen molar-refractivity contribution < 1.29 is 33.8 Å². The molecule has 1 aromatic heterocycles. The van der Waals surface area contributed by atoms with Gasteiger partial charge in [-0.2, -0.15) is 0 Å². The number of amides is 4. The normalized spacial score (nSPS) is 13.9. The number of rotatable bonds is 18. The van der Waals surface area contributed by atoms with E-state index in [4.69, 9.17) is 9.47 Å². The number of ether oxygens (including phenoxy) is 2. The summed E-state index contributed by atoms with van der Waals surface area (Å²) in [5.41, 5.74) is 4.27. The summed E-state index contributed by atoms with van der Waals surface area (Å²) in [6.07, 6.45) is -0.156. The number of hydrogen-bond donors (Lipinski definition) is 5. The maximum Gasteiger partial charge on any atom is 0.408 e. The van der Waals surface area contributed by atoms with E-state index in [-0.39, 0.29) is 25.6 Å². The SMILES string of the molecule is CC(C)[C@H](NC(=O)[C@H](C)NC(=O)OCc1ccccc1)C(=O)N[C@@H](Cc1ccccc1)C[C@H](O)[C@H](Cc1ccccc1)NC(=O)OCc1cncs1. The van der Waals surface area contributed by atoms with Crippen molar-refractivity contribution in [2.24, 2.45) is 5.92 Å². The Morgan fingerprint density at radius 3 is 1.83 bits per heavy atom. The molecule has 0 saturated carbocycles. The van der Waals surface area contributed by atoms with Crippen molar-refractivity contribution >= 4 is 35.3 Å². The summed E-state index contributed by atoms with van der Waals surface area (Å²) < 4.78 is 10.6. The van der Waals surface area contributed by atoms with Gasteiger partial charge in [0.2, 0.25) is 11.8 Å². The number of thiazole rings is 1. The van der Waals surface area contributed by atoms with E-state index in [1.165, 1.54) is 18.3 Å². The Labute approximate surface area is 308 Å². The zero-order chi connectivity index (χ0) is 37.3. The number of carbonyl (C=O) groups excluding carboxylic acids is 4. The maximum atomic E-state index is 13.8. The van der Waals surface area contributed by atoms with Crippen molar-refractivity contribution in [2.75, 3.05) is 0 Å². The largest absolute Gasteiger partial charge is 0.445 e. The van der Waals surface area contributed by atoms with E-state index in [1.807, 2.05) is 91.0 Å². The Morgan fingerprint density at radius 2 is 1.25 bits per heavy atom. The number of nitrogens with one attached hydrogen (secondary N) is 4. The average Bonchev–Trinajstić information content (AvgIpc) is 3.67. The first-order chi connectivity index (χ1) is 25.1. The highest BCUT2D eigenvalue weighted by molar-refractivity contribution is 7.09. The number of aliphatic hydroxyl groups excluding tert-OH is 1. The van der Waals surface area contributed by atoms with Gasteiger partial charge in [0.25, 0.3) is 0 Å². The van der Waals surface area contributed by atoms with Crippen molar-refractivity contribution in [3.8, 4) is 0 Å². The van der Waals surface area contributed by atoms with E-state index >= 15 is 0 Å². The molecule has 276 valence electrons. The lowest BCUT2D eigenvalue weighted by atomic mass is 9.93. The standard InChI is InChI=1S/C39H47N5O7S/c1-26(2)35(44-36(46)27(3)41-38(48)50-23-30-17-11-6-12-18-30)37(47)42-31(19-28-13-7-4-8-14-28)21-34(45)33(20-29-15-9-5-10-16-29)43-39(49)51-24-32-22-40-25-52-32/h4-18,22,25-27,31,33-35,45H,19-21,23-24H2,1-3H3,(H,41,48)(H,42,47)(H,43,49)(H,44,46)/t27-,31-,33-,34-,35-/m0/s1. The van der Waals surface area contributed by atoms with E-state index < -0.39 is 54.3 Å². The third-order valence-corrected chi connectivity index (χ3v) is 9.03. The van der Waals surface area contributed by atoms with Crippen LogP contribution in [0.4, 0.5) is 9.59 Å². The quantitative estimate of drug-likeness (QED) is 0.0963. The number of carbonyl (C=O) groups is 4. The van der Waals surface area contributed by atoms with Crippen LogP contribution in [0.3, 0.4) is 0 Å². The van der Waals surface area contributed by atoms with Gasteiger partial charge in [-0.25, -0.2) is 9.59 Å². The van der Waals surface area contributed by atoms with Gasteiger partial charge in [-0.05, 0) is 48.8 Å². The number of benzene rings is 3. The van der Waals surface area contributed by atoms with Gasteiger partial charge >= 0.3 is 12.2 Å². The minimum Gasteiger partial charge on any atom is -0.445 e. The molecular weight excluding hydrogens is 683 g/mol. The summed E-state index contributed by atoms with van der Waals surface area (Å²) in [5, 5.41) is 22.8. The second-order valence-corrected chi connectivity index (χ2v) is 13.8. The molecule has 4 aromatic rings. The highest BCUT2D eigenvalue weighted by Crippen LogP contribution is 2.16. The van der Waals surface area contributed by atoms with E-state index in [9.17, 15) is 24.3 Å². The van der Waals surface area contributed by atoms with E-state index in [0.29, 0.717) is 12.8 Å². The fraction of sp³-hybridized carbons (Fsp3) is 0.359. The summed E-state index contributed by atoms with van der Waals surface area (Å²) in [5.74, 6) is -1.33. The van der Waals surface area contributed by atoms with Crippen molar-refractivity contribution in [1.29, 1.82) is 0 Å². The molecular formula is C39H47N5O7S. The van der Waals surface area contributed by atoms with Crippen LogP contribution in [-0.2, 0) is 45.1 Å². The predicted molar refractivity (Wildman–Crippen MR) is 198 cm³/mol. The number of hydrogen-bond acceptors (Lipinski definition) is 9. The van der Waals surface area contributed by atoms with E-state index in [0.717, 1.165) is 21.6 Å². The molecule has 1 heterocycles. The van der Waals surface area contributed by atoms with Gasteiger partial charge < -0.3 is 35.8 Å². The summed E-state index contributed by atoms with van der Waals surface area (Å²) >= 11 is 1.36. The fourth-order valence-corrected chi connectivity index (χ4v) is 5.96. The Bertz CT molecular complexity index is 1680. The van der Waals surface area contributed by atoms with Gasteiger partial charge in [0.15, 0.2) is 0 Å². The first kappa shape index (κ1) is 39.5. The number of nitrogens with zero attached hydrogens (tertiary/aromatic N) is 1. The van der Waals surface area contributed by atoms with Crippen molar-refractivity contribution in [2.45, 2.75) is 83.5 Å². The topological polar surface area (TPSA) is 168 Å². The molecule has 52 heavy (non-hydrogen) atoms. The Kier molecular flexibility index (Phi) is 15.6. The molecule has 0 aliphatic rings. The molecule has 0 aliphatic carbocycles. The van der Waals surface area contributed by atoms with Crippen LogP contribution < -0.4 is 21.3 Å². The molecule has 3 aromatic carbocycles. The van der Waals surface area contributed by atoms with Gasteiger partial charge in [-0.3, -0.25) is 14.6 Å². The van der Waals surface area contributed by atoms with E-state index in [2.05, 4.69) is 26.3 Å². The van der Waals surface area contributed by atoms with Crippen LogP contribution in [0.25, 0.3) is 0 Å². The molecule has 4 rings (SSSR count). The number of aliphatic hydroxyl groups is 1. The van der Waals surface area contributed by atoms with Crippen molar-refractivity contribution in [3.05, 3.63) is 124 Å². The third kappa shape index (κ3) is 13.5. The third-order valence-electron chi connectivity index (χ3n) is 8.28. The van der Waals surface area contributed by atoms with Gasteiger partial charge in [0.05, 0.1) is 22.5 Å². The molecule has 0 aliphatic heterocycles. The van der Waals surface area contributed by atoms with Crippen LogP contribution in [0.5, 0.6) is 0 Å². The van der Waals surface area contributed by atoms with Gasteiger partial charge in [0, 0.05) is 12.2 Å². The van der Waals surface area contributed by atoms with Gasteiger partial charge in [-0.1, -0.05) is 105 Å². The van der Waals surface area contributed by atoms with Crippen LogP contribution in [0.15, 0.2) is 103 Å².